The first-order chi connectivity index (χ1) is 13.8. The summed E-state index contributed by atoms with van der Waals surface area (Å²) in [6.07, 6.45) is 11.6. The number of hydrogen-bond acceptors (Lipinski definition) is 2. The molecule has 156 valence electrons. The summed E-state index contributed by atoms with van der Waals surface area (Å²) in [5.74, 6) is 1.91. The topological polar surface area (TPSA) is 40.5 Å². The lowest BCUT2D eigenvalue weighted by Crippen LogP contribution is -2.51. The standard InChI is InChI=1S/C26H33BrO2/c1-25-10-8-20(28)15-18(25)6-7-21-22(25)9-11-26(2)23(21)14-17(24(26)29)12-16-4-3-5-19(27)13-16/h3-6,12-13,20-24,28-29H,7-11,14-15H2,1-2H3/b17-12-/t20-,21-,22+,23+,24+,25-,26-/m0/s1. The highest BCUT2D eigenvalue weighted by atomic mass is 79.9. The van der Waals surface area contributed by atoms with Crippen molar-refractivity contribution in [3.63, 3.8) is 0 Å². The molecule has 29 heavy (non-hydrogen) atoms. The van der Waals surface area contributed by atoms with Gasteiger partial charge in [-0.3, -0.25) is 0 Å². The molecule has 2 nitrogen and oxygen atoms in total. The number of aliphatic hydroxyl groups excluding tert-OH is 2. The van der Waals surface area contributed by atoms with Crippen molar-refractivity contribution in [2.24, 2.45) is 28.6 Å². The second-order valence-corrected chi connectivity index (χ2v) is 11.5. The number of aliphatic hydroxyl groups is 2. The predicted molar refractivity (Wildman–Crippen MR) is 121 cm³/mol. The Balaban J connectivity index is 1.47. The van der Waals surface area contributed by atoms with E-state index in [-0.39, 0.29) is 23.0 Å². The second-order valence-electron chi connectivity index (χ2n) is 10.6. The Morgan fingerprint density at radius 2 is 1.90 bits per heavy atom. The third kappa shape index (κ3) is 3.11. The average molecular weight is 457 g/mol. The highest BCUT2D eigenvalue weighted by Crippen LogP contribution is 2.65. The maximum atomic E-state index is 11.4. The molecule has 4 aliphatic carbocycles. The number of halogens is 1. The van der Waals surface area contributed by atoms with Crippen LogP contribution >= 0.6 is 15.9 Å². The highest BCUT2D eigenvalue weighted by Gasteiger charge is 2.59. The van der Waals surface area contributed by atoms with Gasteiger partial charge < -0.3 is 10.2 Å². The zero-order chi connectivity index (χ0) is 20.4. The summed E-state index contributed by atoms with van der Waals surface area (Å²) in [6, 6.07) is 8.37. The molecule has 0 bridgehead atoms. The Morgan fingerprint density at radius 3 is 2.69 bits per heavy atom. The largest absolute Gasteiger partial charge is 0.393 e. The zero-order valence-electron chi connectivity index (χ0n) is 17.6. The van der Waals surface area contributed by atoms with Crippen molar-refractivity contribution in [2.75, 3.05) is 0 Å². The quantitative estimate of drug-likeness (QED) is 0.499. The molecule has 0 aliphatic heterocycles. The van der Waals surface area contributed by atoms with Crippen molar-refractivity contribution in [1.82, 2.24) is 0 Å². The minimum absolute atomic E-state index is 0.00506. The molecule has 0 saturated heterocycles. The van der Waals surface area contributed by atoms with Crippen molar-refractivity contribution < 1.29 is 10.2 Å². The molecular formula is C26H33BrO2. The van der Waals surface area contributed by atoms with Gasteiger partial charge in [0, 0.05) is 9.89 Å². The van der Waals surface area contributed by atoms with Crippen LogP contribution in [0.5, 0.6) is 0 Å². The Kier molecular flexibility index (Phi) is 4.88. The van der Waals surface area contributed by atoms with E-state index in [0.29, 0.717) is 17.8 Å². The minimum atomic E-state index is -0.334. The third-order valence-electron chi connectivity index (χ3n) is 9.15. The van der Waals surface area contributed by atoms with Crippen LogP contribution in [0.1, 0.15) is 64.4 Å². The third-order valence-corrected chi connectivity index (χ3v) is 9.64. The van der Waals surface area contributed by atoms with Gasteiger partial charge in [-0.2, -0.15) is 0 Å². The van der Waals surface area contributed by atoms with Crippen LogP contribution < -0.4 is 0 Å². The maximum absolute atomic E-state index is 11.4. The second kappa shape index (κ2) is 7.07. The molecular weight excluding hydrogens is 424 g/mol. The van der Waals surface area contributed by atoms with E-state index in [0.717, 1.165) is 43.0 Å². The smallest absolute Gasteiger partial charge is 0.0809 e. The lowest BCUT2D eigenvalue weighted by atomic mass is 9.48. The monoisotopic (exact) mass is 456 g/mol. The lowest BCUT2D eigenvalue weighted by Gasteiger charge is -2.57. The summed E-state index contributed by atoms with van der Waals surface area (Å²) in [4.78, 5) is 0. The molecule has 4 aliphatic rings. The van der Waals surface area contributed by atoms with E-state index in [1.165, 1.54) is 23.1 Å². The minimum Gasteiger partial charge on any atom is -0.393 e. The summed E-state index contributed by atoms with van der Waals surface area (Å²) in [5.41, 5.74) is 4.16. The fraction of sp³-hybridized carbons (Fsp3) is 0.615. The molecule has 0 heterocycles. The van der Waals surface area contributed by atoms with Crippen molar-refractivity contribution >= 4 is 22.0 Å². The molecule has 2 N–H and O–H groups in total. The molecule has 3 saturated carbocycles. The van der Waals surface area contributed by atoms with Gasteiger partial charge in [0.2, 0.25) is 0 Å². The van der Waals surface area contributed by atoms with Gasteiger partial charge in [0.05, 0.1) is 12.2 Å². The molecule has 1 aromatic rings. The fourth-order valence-corrected chi connectivity index (χ4v) is 7.87. The highest BCUT2D eigenvalue weighted by molar-refractivity contribution is 9.10. The van der Waals surface area contributed by atoms with E-state index in [1.807, 2.05) is 6.07 Å². The number of hydrogen-bond donors (Lipinski definition) is 2. The Hall–Kier alpha value is -0.900. The predicted octanol–water partition coefficient (Wildman–Crippen LogP) is 6.13. The van der Waals surface area contributed by atoms with Crippen LogP contribution in [0, 0.1) is 28.6 Å². The fourth-order valence-electron chi connectivity index (χ4n) is 7.45. The van der Waals surface area contributed by atoms with Crippen LogP contribution in [0.3, 0.4) is 0 Å². The first-order valence-electron chi connectivity index (χ1n) is 11.3. The van der Waals surface area contributed by atoms with Gasteiger partial charge in [-0.25, -0.2) is 0 Å². The molecule has 1 aromatic carbocycles. The number of rotatable bonds is 1. The van der Waals surface area contributed by atoms with Gasteiger partial charge in [0.25, 0.3) is 0 Å². The molecule has 0 aromatic heterocycles. The molecule has 0 radical (unpaired) electrons. The SMILES string of the molecule is C[C@]12CC[C@@H]3[C@H](CC=C4C[C@@H](O)CC[C@@]43C)[C@H]1C/C(=C/c1cccc(Br)c1)[C@H]2O. The van der Waals surface area contributed by atoms with Crippen LogP contribution in [-0.2, 0) is 0 Å². The van der Waals surface area contributed by atoms with Crippen molar-refractivity contribution in [1.29, 1.82) is 0 Å². The normalized spacial score (nSPS) is 45.3. The molecule has 7 atom stereocenters. The van der Waals surface area contributed by atoms with Crippen molar-refractivity contribution in [2.45, 2.75) is 71.0 Å². The maximum Gasteiger partial charge on any atom is 0.0809 e. The Bertz CT molecular complexity index is 873. The van der Waals surface area contributed by atoms with Gasteiger partial charge in [-0.05, 0) is 91.4 Å². The van der Waals surface area contributed by atoms with Crippen LogP contribution in [0.25, 0.3) is 6.08 Å². The van der Waals surface area contributed by atoms with E-state index in [1.54, 1.807) is 0 Å². The summed E-state index contributed by atoms with van der Waals surface area (Å²) >= 11 is 3.57. The number of allylic oxidation sites excluding steroid dienone is 1. The first kappa shape index (κ1) is 20.0. The van der Waals surface area contributed by atoms with E-state index in [4.69, 9.17) is 0 Å². The van der Waals surface area contributed by atoms with Crippen molar-refractivity contribution in [3.8, 4) is 0 Å². The summed E-state index contributed by atoms with van der Waals surface area (Å²) < 4.78 is 1.08. The van der Waals surface area contributed by atoms with E-state index in [9.17, 15) is 10.2 Å². The van der Waals surface area contributed by atoms with Crippen LogP contribution in [0.2, 0.25) is 0 Å². The van der Waals surface area contributed by atoms with E-state index in [2.05, 4.69) is 60.1 Å². The molecule has 5 rings (SSSR count). The summed E-state index contributed by atoms with van der Waals surface area (Å²) in [5, 5.41) is 21.6. The van der Waals surface area contributed by atoms with Gasteiger partial charge in [-0.1, -0.05) is 59.6 Å². The van der Waals surface area contributed by atoms with Crippen LogP contribution in [0.15, 0.2) is 46.0 Å². The Morgan fingerprint density at radius 1 is 1.07 bits per heavy atom. The average Bonchev–Trinajstić information content (AvgIpc) is 2.93. The van der Waals surface area contributed by atoms with E-state index < -0.39 is 0 Å². The molecule has 3 heteroatoms. The molecule has 0 unspecified atom stereocenters. The molecule has 0 amide bonds. The number of fused-ring (bicyclic) bond motifs is 5. The van der Waals surface area contributed by atoms with Gasteiger partial charge in [0.15, 0.2) is 0 Å². The molecule has 3 fully saturated rings. The van der Waals surface area contributed by atoms with Crippen molar-refractivity contribution in [3.05, 3.63) is 51.5 Å². The zero-order valence-corrected chi connectivity index (χ0v) is 19.2. The van der Waals surface area contributed by atoms with Crippen LogP contribution in [-0.4, -0.2) is 22.4 Å². The van der Waals surface area contributed by atoms with Gasteiger partial charge in [0.1, 0.15) is 0 Å². The van der Waals surface area contributed by atoms with E-state index >= 15 is 0 Å². The summed E-state index contributed by atoms with van der Waals surface area (Å²) in [6.45, 7) is 4.81. The molecule has 0 spiro atoms. The van der Waals surface area contributed by atoms with Gasteiger partial charge >= 0.3 is 0 Å². The Labute approximate surface area is 183 Å². The number of benzene rings is 1. The first-order valence-corrected chi connectivity index (χ1v) is 12.1. The van der Waals surface area contributed by atoms with Crippen LogP contribution in [0.4, 0.5) is 0 Å². The summed E-state index contributed by atoms with van der Waals surface area (Å²) in [7, 11) is 0. The van der Waals surface area contributed by atoms with Gasteiger partial charge in [-0.15, -0.1) is 0 Å². The lowest BCUT2D eigenvalue weighted by molar-refractivity contribution is -0.0685.